The number of esters is 1. The van der Waals surface area contributed by atoms with Gasteiger partial charge in [0.15, 0.2) is 0 Å². The van der Waals surface area contributed by atoms with Crippen molar-refractivity contribution >= 4 is 33.4 Å². The summed E-state index contributed by atoms with van der Waals surface area (Å²) in [5.74, 6) is 0.384. The maximum atomic E-state index is 12.9. The first-order chi connectivity index (χ1) is 16.0. The molecule has 170 valence electrons. The first-order valence-corrected chi connectivity index (χ1v) is 11.0. The van der Waals surface area contributed by atoms with E-state index in [9.17, 15) is 14.4 Å². The Morgan fingerprint density at radius 1 is 1.15 bits per heavy atom. The monoisotopic (exact) mass is 467 g/mol. The molecule has 10 heteroatoms. The number of amides is 1. The van der Waals surface area contributed by atoms with Crippen molar-refractivity contribution in [1.29, 1.82) is 0 Å². The van der Waals surface area contributed by atoms with E-state index in [1.807, 2.05) is 30.3 Å². The highest BCUT2D eigenvalue weighted by molar-refractivity contribution is 7.20. The molecule has 0 aliphatic rings. The highest BCUT2D eigenvalue weighted by Gasteiger charge is 2.21. The first kappa shape index (κ1) is 22.3. The molecule has 0 bridgehead atoms. The van der Waals surface area contributed by atoms with E-state index in [0.29, 0.717) is 32.2 Å². The topological polar surface area (TPSA) is 113 Å². The summed E-state index contributed by atoms with van der Waals surface area (Å²) in [6.07, 6.45) is 2.82. The van der Waals surface area contributed by atoms with Crippen LogP contribution >= 0.6 is 11.3 Å². The number of aromatic nitrogens is 2. The van der Waals surface area contributed by atoms with Crippen molar-refractivity contribution in [3.63, 3.8) is 0 Å². The zero-order chi connectivity index (χ0) is 23.2. The van der Waals surface area contributed by atoms with Crippen LogP contribution in [-0.4, -0.2) is 34.6 Å². The molecule has 0 radical (unpaired) electrons. The van der Waals surface area contributed by atoms with E-state index in [1.54, 1.807) is 19.1 Å². The second kappa shape index (κ2) is 10.1. The van der Waals surface area contributed by atoms with Gasteiger partial charge in [0.2, 0.25) is 5.91 Å². The average Bonchev–Trinajstić information content (AvgIpc) is 3.46. The molecule has 0 saturated carbocycles. The average molecular weight is 468 g/mol. The lowest BCUT2D eigenvalue weighted by molar-refractivity contribution is -0.122. The van der Waals surface area contributed by atoms with Crippen LogP contribution in [-0.2, 0) is 22.6 Å². The Morgan fingerprint density at radius 3 is 2.73 bits per heavy atom. The fourth-order valence-corrected chi connectivity index (χ4v) is 4.19. The Balaban J connectivity index is 1.40. The van der Waals surface area contributed by atoms with Gasteiger partial charge in [0.05, 0.1) is 24.5 Å². The van der Waals surface area contributed by atoms with Crippen LogP contribution in [0.2, 0.25) is 0 Å². The molecule has 3 aromatic heterocycles. The van der Waals surface area contributed by atoms with Crippen molar-refractivity contribution in [2.45, 2.75) is 20.0 Å². The number of benzene rings is 1. The van der Waals surface area contributed by atoms with E-state index in [-0.39, 0.29) is 32.2 Å². The smallest absolute Gasteiger partial charge is 0.348 e. The van der Waals surface area contributed by atoms with E-state index in [2.05, 4.69) is 10.3 Å². The minimum Gasteiger partial charge on any atom is -0.490 e. The highest BCUT2D eigenvalue weighted by Crippen LogP contribution is 2.27. The van der Waals surface area contributed by atoms with Crippen LogP contribution in [0.1, 0.15) is 21.0 Å². The minimum absolute atomic E-state index is 0.0644. The number of furan rings is 1. The van der Waals surface area contributed by atoms with E-state index < -0.39 is 11.5 Å². The molecule has 9 nitrogen and oxygen atoms in total. The predicted molar refractivity (Wildman–Crippen MR) is 121 cm³/mol. The largest absolute Gasteiger partial charge is 0.490 e. The lowest BCUT2D eigenvalue weighted by Crippen LogP contribution is -2.32. The van der Waals surface area contributed by atoms with Crippen molar-refractivity contribution in [3.8, 4) is 5.75 Å². The summed E-state index contributed by atoms with van der Waals surface area (Å²) in [6, 6.07) is 12.7. The molecule has 0 fully saturated rings. The lowest BCUT2D eigenvalue weighted by Gasteiger charge is -2.07. The van der Waals surface area contributed by atoms with Crippen molar-refractivity contribution in [1.82, 2.24) is 14.9 Å². The molecule has 1 aromatic carbocycles. The van der Waals surface area contributed by atoms with Gasteiger partial charge in [0.25, 0.3) is 5.56 Å². The Hall–Kier alpha value is -3.92. The molecule has 0 atom stereocenters. The van der Waals surface area contributed by atoms with Gasteiger partial charge in [-0.3, -0.25) is 14.2 Å². The number of carbonyl (C=O) groups excluding carboxylic acids is 2. The summed E-state index contributed by atoms with van der Waals surface area (Å²) < 4.78 is 17.2. The number of nitrogens with zero attached hydrogens (tertiary/aromatic N) is 2. The van der Waals surface area contributed by atoms with Gasteiger partial charge in [-0.05, 0) is 36.8 Å². The van der Waals surface area contributed by atoms with Gasteiger partial charge in [-0.15, -0.1) is 11.3 Å². The quantitative estimate of drug-likeness (QED) is 0.297. The van der Waals surface area contributed by atoms with E-state index in [0.717, 1.165) is 11.3 Å². The molecule has 0 unspecified atom stereocenters. The maximum absolute atomic E-state index is 12.9. The third-order valence-electron chi connectivity index (χ3n) is 4.78. The van der Waals surface area contributed by atoms with Crippen molar-refractivity contribution in [2.75, 3.05) is 13.2 Å². The van der Waals surface area contributed by atoms with Crippen molar-refractivity contribution in [2.24, 2.45) is 0 Å². The van der Waals surface area contributed by atoms with Crippen molar-refractivity contribution in [3.05, 3.63) is 81.6 Å². The van der Waals surface area contributed by atoms with E-state index in [4.69, 9.17) is 13.9 Å². The lowest BCUT2D eigenvalue weighted by atomic mass is 10.2. The van der Waals surface area contributed by atoms with E-state index in [1.165, 1.54) is 17.2 Å². The van der Waals surface area contributed by atoms with Crippen molar-refractivity contribution < 1.29 is 23.5 Å². The number of thiophene rings is 1. The van der Waals surface area contributed by atoms with Gasteiger partial charge in [-0.1, -0.05) is 18.2 Å². The maximum Gasteiger partial charge on any atom is 0.348 e. The molecule has 0 aliphatic carbocycles. The number of aryl methyl sites for hydroxylation is 1. The molecule has 33 heavy (non-hydrogen) atoms. The summed E-state index contributed by atoms with van der Waals surface area (Å²) in [7, 11) is 0. The molecule has 0 spiro atoms. The van der Waals surface area contributed by atoms with Gasteiger partial charge in [0, 0.05) is 0 Å². The number of fused-ring (bicyclic) bond motifs is 1. The first-order valence-electron chi connectivity index (χ1n) is 10.2. The summed E-state index contributed by atoms with van der Waals surface area (Å²) in [6.45, 7) is 1.96. The summed E-state index contributed by atoms with van der Waals surface area (Å²) in [5, 5.41) is 2.98. The fourth-order valence-electron chi connectivity index (χ4n) is 3.15. The third kappa shape index (κ3) is 5.29. The number of carbonyl (C=O) groups is 2. The molecular weight excluding hydrogens is 446 g/mol. The zero-order valence-corrected chi connectivity index (χ0v) is 18.6. The van der Waals surface area contributed by atoms with E-state index >= 15 is 0 Å². The number of nitrogens with one attached hydrogen (secondary N) is 1. The Labute approximate surface area is 192 Å². The molecule has 1 N–H and O–H groups in total. The van der Waals surface area contributed by atoms with Gasteiger partial charge in [-0.25, -0.2) is 9.78 Å². The molecule has 3 heterocycles. The SMILES string of the molecule is Cc1c(C(=O)OCCOc2ccccc2)sc2ncn(CC(=O)NCc3ccco3)c(=O)c12. The standard InChI is InChI=1S/C23H21N3O6S/c1-15-19-21(33-20(15)23(29)32-11-10-31-16-6-3-2-4-7-16)25-14-26(22(19)28)13-18(27)24-12-17-8-5-9-30-17/h2-9,14H,10-13H2,1H3,(H,24,27). The van der Waals surface area contributed by atoms with Gasteiger partial charge in [-0.2, -0.15) is 0 Å². The normalized spacial score (nSPS) is 10.8. The number of rotatable bonds is 9. The van der Waals surface area contributed by atoms with Crippen LogP contribution in [0.15, 0.2) is 64.3 Å². The zero-order valence-electron chi connectivity index (χ0n) is 17.8. The van der Waals surface area contributed by atoms with Crippen LogP contribution in [0.3, 0.4) is 0 Å². The van der Waals surface area contributed by atoms with Crippen LogP contribution in [0.25, 0.3) is 10.2 Å². The predicted octanol–water partition coefficient (Wildman–Crippen LogP) is 2.91. The Bertz CT molecular complexity index is 1310. The molecule has 4 aromatic rings. The second-order valence-corrected chi connectivity index (χ2v) is 8.07. The van der Waals surface area contributed by atoms with Crippen LogP contribution in [0.4, 0.5) is 0 Å². The van der Waals surface area contributed by atoms with Gasteiger partial charge >= 0.3 is 5.97 Å². The molecule has 1 amide bonds. The summed E-state index contributed by atoms with van der Waals surface area (Å²) in [5.41, 5.74) is 0.0835. The minimum atomic E-state index is -0.547. The summed E-state index contributed by atoms with van der Waals surface area (Å²) >= 11 is 1.08. The number of hydrogen-bond acceptors (Lipinski definition) is 8. The molecule has 0 aliphatic heterocycles. The summed E-state index contributed by atoms with van der Waals surface area (Å²) in [4.78, 5) is 42.7. The fraction of sp³-hybridized carbons (Fsp3) is 0.217. The second-order valence-electron chi connectivity index (χ2n) is 7.07. The van der Waals surface area contributed by atoms with Crippen LogP contribution in [0.5, 0.6) is 5.75 Å². The highest BCUT2D eigenvalue weighted by atomic mass is 32.1. The Morgan fingerprint density at radius 2 is 1.97 bits per heavy atom. The number of hydrogen-bond donors (Lipinski definition) is 1. The third-order valence-corrected chi connectivity index (χ3v) is 5.96. The Kier molecular flexibility index (Phi) is 6.84. The molecular formula is C23H21N3O6S. The van der Waals surface area contributed by atoms with Gasteiger partial charge in [0.1, 0.15) is 41.0 Å². The molecule has 4 rings (SSSR count). The number of ether oxygens (including phenoxy) is 2. The molecule has 0 saturated heterocycles. The van der Waals surface area contributed by atoms with Crippen LogP contribution < -0.4 is 15.6 Å². The van der Waals surface area contributed by atoms with Crippen LogP contribution in [0, 0.1) is 6.92 Å². The van der Waals surface area contributed by atoms with Gasteiger partial charge < -0.3 is 19.2 Å². The number of para-hydroxylation sites is 1.